The maximum atomic E-state index is 11.4. The standard InChI is InChI=1S/C13H20N2O2/c1-10(2)8-15-13(16)9-17-12-5-3-4-11(6-12)7-14/h3-6,10H,7-9,14H2,1-2H3,(H,15,16). The van der Waals surface area contributed by atoms with E-state index in [1.165, 1.54) is 0 Å². The largest absolute Gasteiger partial charge is 0.484 e. The molecule has 0 fully saturated rings. The van der Waals surface area contributed by atoms with E-state index in [1.54, 1.807) is 0 Å². The van der Waals surface area contributed by atoms with Crippen LogP contribution in [0.1, 0.15) is 19.4 Å². The van der Waals surface area contributed by atoms with Gasteiger partial charge in [-0.05, 0) is 23.6 Å². The molecule has 1 amide bonds. The second-order valence-corrected chi connectivity index (χ2v) is 4.34. The van der Waals surface area contributed by atoms with Crippen LogP contribution in [0.4, 0.5) is 0 Å². The van der Waals surface area contributed by atoms with E-state index in [-0.39, 0.29) is 12.5 Å². The van der Waals surface area contributed by atoms with Gasteiger partial charge in [0.2, 0.25) is 0 Å². The fourth-order valence-corrected chi connectivity index (χ4v) is 1.28. The van der Waals surface area contributed by atoms with Gasteiger partial charge < -0.3 is 15.8 Å². The Morgan fingerprint density at radius 2 is 2.24 bits per heavy atom. The highest BCUT2D eigenvalue weighted by Crippen LogP contribution is 2.12. The van der Waals surface area contributed by atoms with Crippen molar-refractivity contribution in [2.75, 3.05) is 13.2 Å². The van der Waals surface area contributed by atoms with E-state index in [2.05, 4.69) is 5.32 Å². The minimum atomic E-state index is -0.100. The first-order valence-electron chi connectivity index (χ1n) is 5.80. The second kappa shape index (κ2) is 6.91. The van der Waals surface area contributed by atoms with Gasteiger partial charge in [-0.25, -0.2) is 0 Å². The molecular formula is C13H20N2O2. The first-order valence-corrected chi connectivity index (χ1v) is 5.80. The second-order valence-electron chi connectivity index (χ2n) is 4.34. The summed E-state index contributed by atoms with van der Waals surface area (Å²) in [6, 6.07) is 7.44. The third-order valence-electron chi connectivity index (χ3n) is 2.21. The van der Waals surface area contributed by atoms with Gasteiger partial charge in [-0.15, -0.1) is 0 Å². The van der Waals surface area contributed by atoms with Crippen LogP contribution in [0.15, 0.2) is 24.3 Å². The Morgan fingerprint density at radius 3 is 2.88 bits per heavy atom. The van der Waals surface area contributed by atoms with Gasteiger partial charge >= 0.3 is 0 Å². The molecule has 0 spiro atoms. The molecule has 0 saturated carbocycles. The predicted molar refractivity (Wildman–Crippen MR) is 67.7 cm³/mol. The lowest BCUT2D eigenvalue weighted by Crippen LogP contribution is -2.31. The fourth-order valence-electron chi connectivity index (χ4n) is 1.28. The summed E-state index contributed by atoms with van der Waals surface area (Å²) < 4.78 is 5.37. The Kier molecular flexibility index (Phi) is 5.49. The van der Waals surface area contributed by atoms with Crippen LogP contribution in [0.2, 0.25) is 0 Å². The number of rotatable bonds is 6. The number of hydrogen-bond acceptors (Lipinski definition) is 3. The van der Waals surface area contributed by atoms with E-state index in [1.807, 2.05) is 38.1 Å². The molecular weight excluding hydrogens is 216 g/mol. The third kappa shape index (κ3) is 5.36. The average Bonchev–Trinajstić information content (AvgIpc) is 2.34. The number of ether oxygens (including phenoxy) is 1. The molecule has 0 saturated heterocycles. The van der Waals surface area contributed by atoms with Crippen molar-refractivity contribution in [2.24, 2.45) is 11.7 Å². The van der Waals surface area contributed by atoms with E-state index in [4.69, 9.17) is 10.5 Å². The lowest BCUT2D eigenvalue weighted by atomic mass is 10.2. The van der Waals surface area contributed by atoms with Crippen LogP contribution >= 0.6 is 0 Å². The summed E-state index contributed by atoms with van der Waals surface area (Å²) in [6.07, 6.45) is 0. The Bertz CT molecular complexity index is 364. The van der Waals surface area contributed by atoms with Crippen molar-refractivity contribution in [2.45, 2.75) is 20.4 Å². The van der Waals surface area contributed by atoms with Crippen LogP contribution in [0.5, 0.6) is 5.75 Å². The summed E-state index contributed by atoms with van der Waals surface area (Å²) in [5.41, 5.74) is 6.51. The van der Waals surface area contributed by atoms with Gasteiger partial charge in [-0.1, -0.05) is 26.0 Å². The SMILES string of the molecule is CC(C)CNC(=O)COc1cccc(CN)c1. The molecule has 4 heteroatoms. The maximum absolute atomic E-state index is 11.4. The minimum absolute atomic E-state index is 0.0424. The summed E-state index contributed by atoms with van der Waals surface area (Å²) >= 11 is 0. The number of carbonyl (C=O) groups is 1. The lowest BCUT2D eigenvalue weighted by molar-refractivity contribution is -0.123. The average molecular weight is 236 g/mol. The minimum Gasteiger partial charge on any atom is -0.484 e. The monoisotopic (exact) mass is 236 g/mol. The van der Waals surface area contributed by atoms with Crippen LogP contribution in [-0.2, 0) is 11.3 Å². The molecule has 0 aromatic heterocycles. The van der Waals surface area contributed by atoms with Crippen LogP contribution in [0.25, 0.3) is 0 Å². The molecule has 0 aliphatic carbocycles. The quantitative estimate of drug-likeness (QED) is 0.782. The number of nitrogens with two attached hydrogens (primary N) is 1. The molecule has 94 valence electrons. The van der Waals surface area contributed by atoms with Crippen LogP contribution < -0.4 is 15.8 Å². The Labute approximate surface area is 102 Å². The molecule has 1 aromatic carbocycles. The van der Waals surface area contributed by atoms with Crippen molar-refractivity contribution in [1.29, 1.82) is 0 Å². The molecule has 0 unspecified atom stereocenters. The third-order valence-corrected chi connectivity index (χ3v) is 2.21. The highest BCUT2D eigenvalue weighted by Gasteiger charge is 2.03. The van der Waals surface area contributed by atoms with Gasteiger partial charge in [0.05, 0.1) is 0 Å². The Morgan fingerprint density at radius 1 is 1.47 bits per heavy atom. The highest BCUT2D eigenvalue weighted by molar-refractivity contribution is 5.77. The van der Waals surface area contributed by atoms with Crippen LogP contribution in [0, 0.1) is 5.92 Å². The molecule has 0 heterocycles. The first-order chi connectivity index (χ1) is 8.11. The summed E-state index contributed by atoms with van der Waals surface area (Å²) in [5.74, 6) is 1.02. The highest BCUT2D eigenvalue weighted by atomic mass is 16.5. The van der Waals surface area contributed by atoms with Crippen molar-refractivity contribution in [3.63, 3.8) is 0 Å². The summed E-state index contributed by atoms with van der Waals surface area (Å²) in [7, 11) is 0. The smallest absolute Gasteiger partial charge is 0.257 e. The van der Waals surface area contributed by atoms with Gasteiger partial charge in [-0.2, -0.15) is 0 Å². The van der Waals surface area contributed by atoms with Gasteiger partial charge in [0, 0.05) is 13.1 Å². The zero-order valence-corrected chi connectivity index (χ0v) is 10.4. The van der Waals surface area contributed by atoms with Gasteiger partial charge in [0.1, 0.15) is 5.75 Å². The Balaban J connectivity index is 2.36. The van der Waals surface area contributed by atoms with Crippen molar-refractivity contribution >= 4 is 5.91 Å². The molecule has 0 atom stereocenters. The molecule has 3 N–H and O–H groups in total. The number of hydrogen-bond donors (Lipinski definition) is 2. The normalized spacial score (nSPS) is 10.4. The van der Waals surface area contributed by atoms with Crippen molar-refractivity contribution < 1.29 is 9.53 Å². The topological polar surface area (TPSA) is 64.3 Å². The maximum Gasteiger partial charge on any atom is 0.257 e. The molecule has 1 rings (SSSR count). The van der Waals surface area contributed by atoms with E-state index in [0.717, 1.165) is 5.56 Å². The number of nitrogens with one attached hydrogen (secondary N) is 1. The predicted octanol–water partition coefficient (Wildman–Crippen LogP) is 1.30. The van der Waals surface area contributed by atoms with Crippen molar-refractivity contribution in [3.05, 3.63) is 29.8 Å². The van der Waals surface area contributed by atoms with E-state index < -0.39 is 0 Å². The molecule has 1 aromatic rings. The number of carbonyl (C=O) groups excluding carboxylic acids is 1. The van der Waals surface area contributed by atoms with Crippen LogP contribution in [-0.4, -0.2) is 19.1 Å². The number of amides is 1. The fraction of sp³-hybridized carbons (Fsp3) is 0.462. The van der Waals surface area contributed by atoms with Crippen molar-refractivity contribution in [3.8, 4) is 5.75 Å². The van der Waals surface area contributed by atoms with E-state index in [0.29, 0.717) is 24.8 Å². The van der Waals surface area contributed by atoms with E-state index >= 15 is 0 Å². The van der Waals surface area contributed by atoms with Crippen LogP contribution in [0.3, 0.4) is 0 Å². The summed E-state index contributed by atoms with van der Waals surface area (Å²) in [5, 5.41) is 2.79. The summed E-state index contributed by atoms with van der Waals surface area (Å²) in [6.45, 7) is 5.28. The molecule has 0 aliphatic rings. The van der Waals surface area contributed by atoms with Gasteiger partial charge in [-0.3, -0.25) is 4.79 Å². The zero-order valence-electron chi connectivity index (χ0n) is 10.4. The summed E-state index contributed by atoms with van der Waals surface area (Å²) in [4.78, 5) is 11.4. The lowest BCUT2D eigenvalue weighted by Gasteiger charge is -2.09. The molecule has 0 bridgehead atoms. The molecule has 0 aliphatic heterocycles. The Hall–Kier alpha value is -1.55. The van der Waals surface area contributed by atoms with Crippen molar-refractivity contribution in [1.82, 2.24) is 5.32 Å². The number of benzene rings is 1. The molecule has 4 nitrogen and oxygen atoms in total. The van der Waals surface area contributed by atoms with E-state index in [9.17, 15) is 4.79 Å². The molecule has 17 heavy (non-hydrogen) atoms. The first kappa shape index (κ1) is 13.5. The van der Waals surface area contributed by atoms with Gasteiger partial charge in [0.25, 0.3) is 5.91 Å². The van der Waals surface area contributed by atoms with Gasteiger partial charge in [0.15, 0.2) is 6.61 Å². The zero-order chi connectivity index (χ0) is 12.7. The molecule has 0 radical (unpaired) electrons.